The number of amides is 1. The Morgan fingerprint density at radius 3 is 2.68 bits per heavy atom. The van der Waals surface area contributed by atoms with E-state index in [4.69, 9.17) is 5.73 Å². The molecule has 3 rings (SSSR count). The van der Waals surface area contributed by atoms with Crippen molar-refractivity contribution >= 4 is 18.5 Å². The van der Waals surface area contributed by atoms with E-state index >= 15 is 0 Å². The Labute approximate surface area is 129 Å². The summed E-state index contributed by atoms with van der Waals surface area (Å²) >= 11 is 0. The maximum Gasteiger partial charge on any atom is 0.255 e. The molecule has 22 heavy (non-hydrogen) atoms. The van der Waals surface area contributed by atoms with Crippen molar-refractivity contribution < 1.29 is 14.4 Å². The minimum absolute atomic E-state index is 0.132. The summed E-state index contributed by atoms with van der Waals surface area (Å²) in [6, 6.07) is 3.41. The second kappa shape index (κ2) is 5.32. The number of aldehydes is 2. The molecule has 0 aromatic heterocycles. The van der Waals surface area contributed by atoms with E-state index in [9.17, 15) is 14.4 Å². The highest BCUT2D eigenvalue weighted by molar-refractivity contribution is 6.00. The lowest BCUT2D eigenvalue weighted by atomic mass is 9.96. The fourth-order valence-corrected chi connectivity index (χ4v) is 3.13. The smallest absolute Gasteiger partial charge is 0.255 e. The van der Waals surface area contributed by atoms with E-state index in [1.807, 2.05) is 13.0 Å². The van der Waals surface area contributed by atoms with Gasteiger partial charge in [-0.15, -0.1) is 0 Å². The van der Waals surface area contributed by atoms with E-state index in [2.05, 4.69) is 6.07 Å². The molecular formula is C17H20N2O3. The number of nitrogens with zero attached hydrogens (tertiary/aromatic N) is 1. The third-order valence-corrected chi connectivity index (χ3v) is 4.79. The predicted octanol–water partition coefficient (Wildman–Crippen LogP) is 1.45. The molecule has 116 valence electrons. The van der Waals surface area contributed by atoms with Crippen LogP contribution in [0.1, 0.15) is 52.7 Å². The van der Waals surface area contributed by atoms with Gasteiger partial charge in [0, 0.05) is 24.1 Å². The van der Waals surface area contributed by atoms with Crippen molar-refractivity contribution in [1.29, 1.82) is 0 Å². The van der Waals surface area contributed by atoms with Gasteiger partial charge >= 0.3 is 0 Å². The van der Waals surface area contributed by atoms with Gasteiger partial charge in [-0.05, 0) is 48.9 Å². The van der Waals surface area contributed by atoms with Crippen molar-refractivity contribution in [2.24, 2.45) is 5.73 Å². The standard InChI is InChI=1S/C17H20N2O3/c1-11-7-12(17(18)4-5-17)8-14-15(11)9-19(16(14)22)13(10-21)3-2-6-20/h6-8,10,13H,2-5,9,18H2,1H3. The zero-order valence-electron chi connectivity index (χ0n) is 12.7. The largest absolute Gasteiger partial charge is 0.325 e. The first-order valence-corrected chi connectivity index (χ1v) is 7.63. The second-order valence-electron chi connectivity index (χ2n) is 6.36. The topological polar surface area (TPSA) is 80.5 Å². The molecular weight excluding hydrogens is 280 g/mol. The highest BCUT2D eigenvalue weighted by Crippen LogP contribution is 2.44. The molecule has 1 atom stereocenters. The number of nitrogens with two attached hydrogens (primary N) is 1. The van der Waals surface area contributed by atoms with Crippen LogP contribution in [0.4, 0.5) is 0 Å². The van der Waals surface area contributed by atoms with Crippen molar-refractivity contribution in [3.63, 3.8) is 0 Å². The van der Waals surface area contributed by atoms with E-state index in [0.29, 0.717) is 18.5 Å². The molecule has 5 heteroatoms. The molecule has 1 fully saturated rings. The predicted molar refractivity (Wildman–Crippen MR) is 81.3 cm³/mol. The molecule has 0 saturated heterocycles. The van der Waals surface area contributed by atoms with Crippen LogP contribution in [0.25, 0.3) is 0 Å². The van der Waals surface area contributed by atoms with Crippen LogP contribution in [0.3, 0.4) is 0 Å². The molecule has 0 radical (unpaired) electrons. The van der Waals surface area contributed by atoms with Crippen LogP contribution < -0.4 is 5.73 Å². The van der Waals surface area contributed by atoms with Gasteiger partial charge in [-0.3, -0.25) is 4.79 Å². The second-order valence-corrected chi connectivity index (χ2v) is 6.36. The molecule has 1 unspecified atom stereocenters. The van der Waals surface area contributed by atoms with E-state index in [1.54, 1.807) is 4.90 Å². The van der Waals surface area contributed by atoms with Gasteiger partial charge in [0.25, 0.3) is 5.91 Å². The lowest BCUT2D eigenvalue weighted by Crippen LogP contribution is -2.36. The van der Waals surface area contributed by atoms with Crippen LogP contribution >= 0.6 is 0 Å². The number of aryl methyl sites for hydroxylation is 1. The summed E-state index contributed by atoms with van der Waals surface area (Å²) < 4.78 is 0. The summed E-state index contributed by atoms with van der Waals surface area (Å²) in [4.78, 5) is 36.0. The molecule has 1 aliphatic heterocycles. The summed E-state index contributed by atoms with van der Waals surface area (Å²) in [7, 11) is 0. The van der Waals surface area contributed by atoms with Crippen LogP contribution in [-0.2, 0) is 21.7 Å². The molecule has 1 aliphatic carbocycles. The number of hydrogen-bond acceptors (Lipinski definition) is 4. The Kier molecular flexibility index (Phi) is 3.60. The van der Waals surface area contributed by atoms with Gasteiger partial charge in [-0.1, -0.05) is 6.07 Å². The van der Waals surface area contributed by atoms with Gasteiger partial charge in [0.05, 0.1) is 6.04 Å². The first kappa shape index (κ1) is 14.9. The molecule has 1 amide bonds. The Morgan fingerprint density at radius 2 is 2.09 bits per heavy atom. The lowest BCUT2D eigenvalue weighted by molar-refractivity contribution is -0.112. The average Bonchev–Trinajstić information content (AvgIpc) is 3.17. The summed E-state index contributed by atoms with van der Waals surface area (Å²) in [5, 5.41) is 0. The van der Waals surface area contributed by atoms with Gasteiger partial charge in [0.1, 0.15) is 12.6 Å². The first-order chi connectivity index (χ1) is 10.5. The zero-order chi connectivity index (χ0) is 15.9. The van der Waals surface area contributed by atoms with Crippen molar-refractivity contribution in [2.75, 3.05) is 0 Å². The maximum absolute atomic E-state index is 12.6. The number of carbonyl (C=O) groups is 3. The molecule has 1 saturated carbocycles. The number of rotatable bonds is 6. The number of fused-ring (bicyclic) bond motifs is 1. The molecule has 0 bridgehead atoms. The Morgan fingerprint density at radius 1 is 1.36 bits per heavy atom. The van der Waals surface area contributed by atoms with Gasteiger partial charge < -0.3 is 20.2 Å². The van der Waals surface area contributed by atoms with E-state index < -0.39 is 6.04 Å². The molecule has 0 spiro atoms. The van der Waals surface area contributed by atoms with Crippen molar-refractivity contribution in [3.8, 4) is 0 Å². The highest BCUT2D eigenvalue weighted by atomic mass is 16.2. The summed E-state index contributed by atoms with van der Waals surface area (Å²) in [6.07, 6.45) is 4.08. The molecule has 1 heterocycles. The van der Waals surface area contributed by atoms with Gasteiger partial charge in [-0.25, -0.2) is 0 Å². The van der Waals surface area contributed by atoms with Gasteiger partial charge in [0.15, 0.2) is 0 Å². The third-order valence-electron chi connectivity index (χ3n) is 4.79. The fourth-order valence-electron chi connectivity index (χ4n) is 3.13. The number of carbonyl (C=O) groups excluding carboxylic acids is 3. The summed E-state index contributed by atoms with van der Waals surface area (Å²) in [5.41, 5.74) is 9.64. The normalized spacial score (nSPS) is 19.7. The third kappa shape index (κ3) is 2.35. The van der Waals surface area contributed by atoms with Crippen LogP contribution in [0.5, 0.6) is 0 Å². The molecule has 2 aliphatic rings. The van der Waals surface area contributed by atoms with Gasteiger partial charge in [-0.2, -0.15) is 0 Å². The molecule has 5 nitrogen and oxygen atoms in total. The Hall–Kier alpha value is -2.01. The van der Waals surface area contributed by atoms with E-state index in [1.165, 1.54) is 0 Å². The Balaban J connectivity index is 1.91. The van der Waals surface area contributed by atoms with Crippen molar-refractivity contribution in [1.82, 2.24) is 4.90 Å². The monoisotopic (exact) mass is 300 g/mol. The number of benzene rings is 1. The van der Waals surface area contributed by atoms with Crippen molar-refractivity contribution in [3.05, 3.63) is 34.4 Å². The lowest BCUT2D eigenvalue weighted by Gasteiger charge is -2.22. The van der Waals surface area contributed by atoms with E-state index in [-0.39, 0.29) is 17.9 Å². The van der Waals surface area contributed by atoms with Crippen LogP contribution in [0, 0.1) is 6.92 Å². The highest BCUT2D eigenvalue weighted by Gasteiger charge is 2.42. The average molecular weight is 300 g/mol. The quantitative estimate of drug-likeness (QED) is 0.806. The molecule has 1 aromatic rings. The maximum atomic E-state index is 12.6. The van der Waals surface area contributed by atoms with Gasteiger partial charge in [0.2, 0.25) is 0 Å². The van der Waals surface area contributed by atoms with Crippen LogP contribution in [-0.4, -0.2) is 29.4 Å². The van der Waals surface area contributed by atoms with Crippen LogP contribution in [0.15, 0.2) is 12.1 Å². The zero-order valence-corrected chi connectivity index (χ0v) is 12.7. The number of hydrogen-bond donors (Lipinski definition) is 1. The fraction of sp³-hybridized carbons (Fsp3) is 0.471. The summed E-state index contributed by atoms with van der Waals surface area (Å²) in [6.45, 7) is 2.41. The van der Waals surface area contributed by atoms with Crippen LogP contribution in [0.2, 0.25) is 0 Å². The minimum atomic E-state index is -0.541. The SMILES string of the molecule is Cc1cc(C2(N)CC2)cc2c1CN(C(C=O)CCC=O)C2=O. The summed E-state index contributed by atoms with van der Waals surface area (Å²) in [5.74, 6) is -0.132. The minimum Gasteiger partial charge on any atom is -0.325 e. The molecule has 2 N–H and O–H groups in total. The first-order valence-electron chi connectivity index (χ1n) is 7.63. The van der Waals surface area contributed by atoms with Crippen molar-refractivity contribution in [2.45, 2.75) is 50.7 Å². The van der Waals surface area contributed by atoms with E-state index in [0.717, 1.165) is 42.1 Å². The Bertz CT molecular complexity index is 650. The molecule has 1 aromatic carbocycles.